The zero-order valence-corrected chi connectivity index (χ0v) is 18.0. The van der Waals surface area contributed by atoms with Crippen LogP contribution < -0.4 is 14.4 Å². The second-order valence-corrected chi connectivity index (χ2v) is 10.6. The van der Waals surface area contributed by atoms with E-state index in [2.05, 4.69) is 9.62 Å². The largest absolute Gasteiger partial charge is 0.476 e. The predicted molar refractivity (Wildman–Crippen MR) is 109 cm³/mol. The van der Waals surface area contributed by atoms with E-state index in [9.17, 15) is 13.2 Å². The second kappa shape index (κ2) is 7.23. The number of ether oxygens (including phenoxy) is 2. The van der Waals surface area contributed by atoms with Crippen molar-refractivity contribution in [2.24, 2.45) is 5.41 Å². The van der Waals surface area contributed by atoms with Crippen LogP contribution >= 0.6 is 0 Å². The monoisotopic (exact) mass is 423 g/mol. The molecule has 4 rings (SSSR count). The van der Waals surface area contributed by atoms with Gasteiger partial charge in [-0.05, 0) is 44.2 Å². The Labute approximate surface area is 172 Å². The van der Waals surface area contributed by atoms with Crippen LogP contribution in [0.1, 0.15) is 26.7 Å². The lowest BCUT2D eigenvalue weighted by Crippen LogP contribution is -2.50. The van der Waals surface area contributed by atoms with Gasteiger partial charge in [-0.2, -0.15) is 0 Å². The minimum atomic E-state index is -3.67. The summed E-state index contributed by atoms with van der Waals surface area (Å²) in [4.78, 5) is 16.3. The molecule has 1 saturated heterocycles. The van der Waals surface area contributed by atoms with Crippen molar-refractivity contribution < 1.29 is 22.7 Å². The van der Waals surface area contributed by atoms with Crippen LogP contribution in [-0.4, -0.2) is 71.3 Å². The molecule has 160 valence electrons. The van der Waals surface area contributed by atoms with Crippen LogP contribution in [0, 0.1) is 5.41 Å². The average molecular weight is 424 g/mol. The summed E-state index contributed by atoms with van der Waals surface area (Å²) in [6, 6.07) is 4.65. The van der Waals surface area contributed by atoms with Gasteiger partial charge in [0.25, 0.3) is 5.91 Å². The molecule has 1 amide bonds. The van der Waals surface area contributed by atoms with Gasteiger partial charge in [0.1, 0.15) is 5.75 Å². The van der Waals surface area contributed by atoms with E-state index in [4.69, 9.17) is 9.47 Å². The molecule has 29 heavy (non-hydrogen) atoms. The summed E-state index contributed by atoms with van der Waals surface area (Å²) in [5.74, 6) is 0.229. The van der Waals surface area contributed by atoms with Crippen molar-refractivity contribution in [2.75, 3.05) is 51.3 Å². The molecule has 0 bridgehead atoms. The molecule has 0 atom stereocenters. The van der Waals surface area contributed by atoms with Crippen LogP contribution in [0.25, 0.3) is 0 Å². The molecule has 1 aromatic carbocycles. The Hall–Kier alpha value is -1.68. The van der Waals surface area contributed by atoms with Crippen molar-refractivity contribution in [1.29, 1.82) is 0 Å². The number of carbonyl (C=O) groups excluding carboxylic acids is 1. The standard InChI is InChI=1S/C20H29N3O5S/c1-19(2)18(24)22(3)16-5-4-15(12-17(16)28-19)29(25,26)21-13-20(6-7-20)14-23-8-10-27-11-9-23/h4-5,12,21H,6-11,13-14H2,1-3H3. The van der Waals surface area contributed by atoms with E-state index in [1.165, 1.54) is 17.0 Å². The lowest BCUT2D eigenvalue weighted by molar-refractivity contribution is -0.132. The molecular weight excluding hydrogens is 394 g/mol. The van der Waals surface area contributed by atoms with Crippen molar-refractivity contribution in [3.8, 4) is 5.75 Å². The van der Waals surface area contributed by atoms with E-state index in [0.717, 1.165) is 45.7 Å². The van der Waals surface area contributed by atoms with Crippen LogP contribution in [0.15, 0.2) is 23.1 Å². The lowest BCUT2D eigenvalue weighted by atomic mass is 10.0. The van der Waals surface area contributed by atoms with Crippen molar-refractivity contribution in [2.45, 2.75) is 37.2 Å². The number of likely N-dealkylation sites (N-methyl/N-ethyl adjacent to an activating group) is 1. The molecule has 0 radical (unpaired) electrons. The number of carbonyl (C=O) groups is 1. The predicted octanol–water partition coefficient (Wildman–Crippen LogP) is 1.21. The molecule has 3 aliphatic rings. The summed E-state index contributed by atoms with van der Waals surface area (Å²) in [5.41, 5.74) is -0.448. The number of benzene rings is 1. The first-order valence-electron chi connectivity index (χ1n) is 10.0. The maximum absolute atomic E-state index is 12.9. The highest BCUT2D eigenvalue weighted by Gasteiger charge is 2.45. The number of hydrogen-bond acceptors (Lipinski definition) is 6. The molecule has 0 aromatic heterocycles. The first kappa shape index (κ1) is 20.6. The number of rotatable bonds is 6. The van der Waals surface area contributed by atoms with Gasteiger partial charge < -0.3 is 14.4 Å². The third-order valence-electron chi connectivity index (χ3n) is 6.04. The maximum atomic E-state index is 12.9. The molecule has 0 unspecified atom stereocenters. The Morgan fingerprint density at radius 1 is 1.17 bits per heavy atom. The first-order valence-corrected chi connectivity index (χ1v) is 11.5. The zero-order valence-electron chi connectivity index (χ0n) is 17.2. The minimum Gasteiger partial charge on any atom is -0.476 e. The Balaban J connectivity index is 1.46. The Morgan fingerprint density at radius 3 is 2.52 bits per heavy atom. The van der Waals surface area contributed by atoms with E-state index in [1.807, 2.05) is 0 Å². The SMILES string of the molecule is CN1C(=O)C(C)(C)Oc2cc(S(=O)(=O)NCC3(CN4CCOCC4)CC3)ccc21. The highest BCUT2D eigenvalue weighted by Crippen LogP contribution is 2.46. The molecule has 8 nitrogen and oxygen atoms in total. The molecule has 1 saturated carbocycles. The van der Waals surface area contributed by atoms with Crippen LogP contribution in [0.5, 0.6) is 5.75 Å². The summed E-state index contributed by atoms with van der Waals surface area (Å²) in [5, 5.41) is 0. The number of morpholine rings is 1. The number of hydrogen-bond donors (Lipinski definition) is 1. The Bertz CT molecular complexity index is 905. The summed E-state index contributed by atoms with van der Waals surface area (Å²) < 4.78 is 39.8. The Kier molecular flexibility index (Phi) is 5.13. The number of fused-ring (bicyclic) bond motifs is 1. The fourth-order valence-corrected chi connectivity index (χ4v) is 5.16. The highest BCUT2D eigenvalue weighted by molar-refractivity contribution is 7.89. The molecule has 0 spiro atoms. The van der Waals surface area contributed by atoms with Crippen LogP contribution in [-0.2, 0) is 19.6 Å². The number of amides is 1. The minimum absolute atomic E-state index is 0.0176. The fourth-order valence-electron chi connectivity index (χ4n) is 3.98. The molecule has 2 fully saturated rings. The summed E-state index contributed by atoms with van der Waals surface area (Å²) in [7, 11) is -2.01. The summed E-state index contributed by atoms with van der Waals surface area (Å²) in [6.45, 7) is 7.96. The van der Waals surface area contributed by atoms with Crippen molar-refractivity contribution >= 4 is 21.6 Å². The van der Waals surface area contributed by atoms with Crippen molar-refractivity contribution in [1.82, 2.24) is 9.62 Å². The van der Waals surface area contributed by atoms with E-state index in [0.29, 0.717) is 18.0 Å². The second-order valence-electron chi connectivity index (χ2n) is 8.82. The fraction of sp³-hybridized carbons (Fsp3) is 0.650. The zero-order chi connectivity index (χ0) is 20.9. The van der Waals surface area contributed by atoms with Gasteiger partial charge in [-0.1, -0.05) is 0 Å². The van der Waals surface area contributed by atoms with Gasteiger partial charge in [0.05, 0.1) is 23.8 Å². The van der Waals surface area contributed by atoms with E-state index < -0.39 is 15.6 Å². The third-order valence-corrected chi connectivity index (χ3v) is 7.44. The lowest BCUT2D eigenvalue weighted by Gasteiger charge is -2.37. The van der Waals surface area contributed by atoms with Crippen LogP contribution in [0.2, 0.25) is 0 Å². The van der Waals surface area contributed by atoms with Crippen molar-refractivity contribution in [3.63, 3.8) is 0 Å². The normalized spacial score (nSPS) is 23.4. The maximum Gasteiger partial charge on any atom is 0.270 e. The van der Waals surface area contributed by atoms with Crippen LogP contribution in [0.4, 0.5) is 5.69 Å². The topological polar surface area (TPSA) is 88.2 Å². The van der Waals surface area contributed by atoms with Gasteiger partial charge in [0.2, 0.25) is 10.0 Å². The van der Waals surface area contributed by atoms with Gasteiger partial charge in [-0.25, -0.2) is 13.1 Å². The van der Waals surface area contributed by atoms with Gasteiger partial charge in [-0.3, -0.25) is 9.69 Å². The first-order chi connectivity index (χ1) is 13.6. The van der Waals surface area contributed by atoms with E-state index >= 15 is 0 Å². The van der Waals surface area contributed by atoms with E-state index in [-0.39, 0.29) is 16.2 Å². The number of anilines is 1. The molecular formula is C20H29N3O5S. The van der Waals surface area contributed by atoms with E-state index in [1.54, 1.807) is 27.0 Å². The quantitative estimate of drug-likeness (QED) is 0.740. The molecule has 2 heterocycles. The molecule has 1 aromatic rings. The molecule has 1 N–H and O–H groups in total. The molecule has 2 aliphatic heterocycles. The summed E-state index contributed by atoms with van der Waals surface area (Å²) in [6.07, 6.45) is 2.06. The molecule has 9 heteroatoms. The number of nitrogens with zero attached hydrogens (tertiary/aromatic N) is 2. The smallest absolute Gasteiger partial charge is 0.270 e. The van der Waals surface area contributed by atoms with Crippen LogP contribution in [0.3, 0.4) is 0 Å². The third kappa shape index (κ3) is 4.14. The average Bonchev–Trinajstić information content (AvgIpc) is 3.45. The van der Waals surface area contributed by atoms with Gasteiger partial charge in [0, 0.05) is 39.3 Å². The summed E-state index contributed by atoms with van der Waals surface area (Å²) >= 11 is 0. The van der Waals surface area contributed by atoms with Gasteiger partial charge >= 0.3 is 0 Å². The number of nitrogens with one attached hydrogen (secondary N) is 1. The van der Waals surface area contributed by atoms with Crippen molar-refractivity contribution in [3.05, 3.63) is 18.2 Å². The molecule has 1 aliphatic carbocycles. The Morgan fingerprint density at radius 2 is 1.86 bits per heavy atom. The number of sulfonamides is 1. The van der Waals surface area contributed by atoms with Gasteiger partial charge in [-0.15, -0.1) is 0 Å². The van der Waals surface area contributed by atoms with Gasteiger partial charge in [0.15, 0.2) is 5.60 Å². The highest BCUT2D eigenvalue weighted by atomic mass is 32.2.